The van der Waals surface area contributed by atoms with E-state index in [1.165, 1.54) is 36.4 Å². The fraction of sp³-hybridized carbons (Fsp3) is 0.241. The van der Waals surface area contributed by atoms with Crippen molar-refractivity contribution in [3.05, 3.63) is 118 Å². The summed E-state index contributed by atoms with van der Waals surface area (Å²) in [7, 11) is 0. The Bertz CT molecular complexity index is 1520. The maximum atomic E-state index is 13.2. The van der Waals surface area contributed by atoms with Crippen molar-refractivity contribution in [1.29, 1.82) is 5.41 Å². The molecule has 44 heavy (non-hydrogen) atoms. The normalized spacial score (nSPS) is 21.2. The molecule has 1 heterocycles. The van der Waals surface area contributed by atoms with E-state index in [-0.39, 0.29) is 16.7 Å². The number of hydrogen-bond donors (Lipinski definition) is 1. The van der Waals surface area contributed by atoms with Gasteiger partial charge in [0.2, 0.25) is 12.2 Å². The Kier molecular flexibility index (Phi) is 11.0. The lowest BCUT2D eigenvalue weighted by molar-refractivity contribution is -0.251. The van der Waals surface area contributed by atoms with E-state index in [1.807, 2.05) is 0 Å². The Morgan fingerprint density at radius 1 is 0.773 bits per heavy atom. The van der Waals surface area contributed by atoms with Gasteiger partial charge in [-0.15, -0.1) is 0 Å². The van der Waals surface area contributed by atoms with E-state index >= 15 is 0 Å². The minimum absolute atomic E-state index is 0.110. The first-order valence-corrected chi connectivity index (χ1v) is 14.0. The lowest BCUT2D eigenvalue weighted by Crippen LogP contribution is -2.61. The molecule has 12 nitrogen and oxygen atoms in total. The molecule has 0 saturated carbocycles. The van der Waals surface area contributed by atoms with Crippen molar-refractivity contribution in [2.45, 2.75) is 34.4 Å². The number of carbonyl (C=O) groups is 3. The number of azide groups is 1. The predicted molar refractivity (Wildman–Crippen MR) is 159 cm³/mol. The van der Waals surface area contributed by atoms with Crippen LogP contribution in [0.4, 0.5) is 0 Å². The molecule has 0 amide bonds. The monoisotopic (exact) mass is 660 g/mol. The highest BCUT2D eigenvalue weighted by Gasteiger charge is 2.52. The third-order valence-corrected chi connectivity index (χ3v) is 6.70. The molecule has 0 radical (unpaired) electrons. The van der Waals surface area contributed by atoms with Crippen LogP contribution < -0.4 is 0 Å². The van der Waals surface area contributed by atoms with Gasteiger partial charge in [-0.25, -0.2) is 14.4 Å². The fourth-order valence-corrected chi connectivity index (χ4v) is 4.25. The highest BCUT2D eigenvalue weighted by Crippen LogP contribution is 2.34. The molecule has 1 aliphatic heterocycles. The summed E-state index contributed by atoms with van der Waals surface area (Å²) in [5, 5.41) is 11.8. The molecule has 0 aromatic heterocycles. The summed E-state index contributed by atoms with van der Waals surface area (Å²) in [6, 6.07) is 22.1. The predicted octanol–water partition coefficient (Wildman–Crippen LogP) is 6.06. The van der Waals surface area contributed by atoms with Gasteiger partial charge >= 0.3 is 17.9 Å². The van der Waals surface area contributed by atoms with Gasteiger partial charge in [-0.05, 0) is 41.9 Å². The first-order chi connectivity index (χ1) is 21.1. The summed E-state index contributed by atoms with van der Waals surface area (Å²) in [5.41, 5.74) is 9.98. The van der Waals surface area contributed by atoms with Crippen LogP contribution in [0.5, 0.6) is 0 Å². The van der Waals surface area contributed by atoms with Gasteiger partial charge in [0.25, 0.3) is 3.79 Å². The number of nitrogens with one attached hydrogen (secondary N) is 1. The lowest BCUT2D eigenvalue weighted by Gasteiger charge is -2.43. The molecule has 228 valence electrons. The number of alkyl halides is 3. The van der Waals surface area contributed by atoms with Gasteiger partial charge in [0.1, 0.15) is 24.9 Å². The zero-order valence-corrected chi connectivity index (χ0v) is 24.8. The summed E-state index contributed by atoms with van der Waals surface area (Å²) in [6.45, 7) is -0.557. The van der Waals surface area contributed by atoms with Crippen molar-refractivity contribution < 1.29 is 38.1 Å². The number of ether oxygens (including phenoxy) is 5. The highest BCUT2D eigenvalue weighted by molar-refractivity contribution is 6.76. The molecule has 0 bridgehead atoms. The van der Waals surface area contributed by atoms with E-state index in [2.05, 4.69) is 10.0 Å². The van der Waals surface area contributed by atoms with Crippen LogP contribution in [-0.2, 0) is 23.7 Å². The number of nitrogens with zero attached hydrogens (tertiary/aromatic N) is 3. The van der Waals surface area contributed by atoms with E-state index < -0.39 is 64.8 Å². The summed E-state index contributed by atoms with van der Waals surface area (Å²) in [5.74, 6) is -3.41. The van der Waals surface area contributed by atoms with E-state index in [0.717, 1.165) is 0 Å². The zero-order valence-electron chi connectivity index (χ0n) is 22.5. The standard InChI is InChI=1S/C29H23Cl3N4O8/c30-29(31,32)28(33)44-27-23(43-26(39)19-14-8-3-9-15-19)21(35-36-34)22(42-25(38)18-12-6-2-7-13-18)20(41-27)16-40-24(37)17-10-4-1-5-11-17/h1-15,20-23,27,33H,16H2/t20-,21+,22-,23-,27-/m1/s1. The number of carbonyl (C=O) groups excluding carboxylic acids is 3. The fourth-order valence-electron chi connectivity index (χ4n) is 4.12. The van der Waals surface area contributed by atoms with E-state index in [0.29, 0.717) is 0 Å². The SMILES string of the molecule is [N-]=[N+]=N[C@@H]1[C@@H](OC(=O)c2ccccc2)[C@@H](OC(=N)C(Cl)(Cl)Cl)O[C@H](COC(=O)c2ccccc2)[C@H]1OC(=O)c1ccccc1. The molecule has 1 aliphatic rings. The molecule has 1 N–H and O–H groups in total. The second-order valence-corrected chi connectivity index (χ2v) is 11.4. The van der Waals surface area contributed by atoms with Crippen LogP contribution >= 0.6 is 34.8 Å². The average molecular weight is 662 g/mol. The number of hydrogen-bond acceptors (Lipinski definition) is 10. The molecule has 3 aromatic rings. The molecular formula is C29H23Cl3N4O8. The topological polar surface area (TPSA) is 170 Å². The highest BCUT2D eigenvalue weighted by atomic mass is 35.6. The third kappa shape index (κ3) is 8.40. The van der Waals surface area contributed by atoms with Gasteiger partial charge in [-0.1, -0.05) is 94.5 Å². The van der Waals surface area contributed by atoms with Gasteiger partial charge in [-0.3, -0.25) is 5.41 Å². The largest absolute Gasteiger partial charge is 0.459 e. The van der Waals surface area contributed by atoms with Gasteiger partial charge in [0.05, 0.1) is 16.7 Å². The summed E-state index contributed by atoms with van der Waals surface area (Å²) >= 11 is 17.5. The summed E-state index contributed by atoms with van der Waals surface area (Å²) in [4.78, 5) is 41.9. The van der Waals surface area contributed by atoms with Gasteiger partial charge in [-0.2, -0.15) is 0 Å². The summed E-state index contributed by atoms with van der Waals surface area (Å²) in [6.07, 6.45) is -6.29. The molecule has 0 aliphatic carbocycles. The van der Waals surface area contributed by atoms with Crippen molar-refractivity contribution in [2.24, 2.45) is 5.11 Å². The first kappa shape index (κ1) is 32.6. The summed E-state index contributed by atoms with van der Waals surface area (Å²) < 4.78 is 25.9. The Labute approximate surface area is 265 Å². The van der Waals surface area contributed by atoms with Crippen LogP contribution in [0.1, 0.15) is 31.1 Å². The zero-order chi connectivity index (χ0) is 31.7. The maximum absolute atomic E-state index is 13.2. The van der Waals surface area contributed by atoms with E-state index in [1.54, 1.807) is 54.6 Å². The number of halogens is 3. The second kappa shape index (κ2) is 14.9. The van der Waals surface area contributed by atoms with Crippen LogP contribution in [0.2, 0.25) is 0 Å². The molecule has 1 fully saturated rings. The van der Waals surface area contributed by atoms with Gasteiger partial charge in [0.15, 0.2) is 6.10 Å². The molecular weight excluding hydrogens is 639 g/mol. The van der Waals surface area contributed by atoms with Crippen molar-refractivity contribution >= 4 is 58.6 Å². The lowest BCUT2D eigenvalue weighted by atomic mass is 9.96. The second-order valence-electron chi connectivity index (χ2n) is 9.12. The molecule has 4 rings (SSSR count). The van der Waals surface area contributed by atoms with Crippen LogP contribution in [0.15, 0.2) is 96.1 Å². The first-order valence-electron chi connectivity index (χ1n) is 12.8. The minimum atomic E-state index is -2.36. The molecule has 3 aromatic carbocycles. The quantitative estimate of drug-likeness (QED) is 0.0421. The van der Waals surface area contributed by atoms with Crippen LogP contribution in [-0.4, -0.2) is 64.8 Å². The van der Waals surface area contributed by atoms with Crippen molar-refractivity contribution in [3.63, 3.8) is 0 Å². The van der Waals surface area contributed by atoms with Gasteiger partial charge < -0.3 is 23.7 Å². The molecule has 5 atom stereocenters. The Morgan fingerprint density at radius 2 is 1.23 bits per heavy atom. The number of esters is 3. The maximum Gasteiger partial charge on any atom is 0.338 e. The Hall–Kier alpha value is -4.32. The van der Waals surface area contributed by atoms with Crippen molar-refractivity contribution in [1.82, 2.24) is 0 Å². The molecule has 1 saturated heterocycles. The Morgan fingerprint density at radius 3 is 1.68 bits per heavy atom. The van der Waals surface area contributed by atoms with Crippen LogP contribution in [0.25, 0.3) is 10.4 Å². The number of rotatable bonds is 9. The van der Waals surface area contributed by atoms with Crippen LogP contribution in [0, 0.1) is 5.41 Å². The molecule has 0 unspecified atom stereocenters. The van der Waals surface area contributed by atoms with Crippen molar-refractivity contribution in [2.75, 3.05) is 6.61 Å². The average Bonchev–Trinajstić information content (AvgIpc) is 3.03. The van der Waals surface area contributed by atoms with Crippen LogP contribution in [0.3, 0.4) is 0 Å². The minimum Gasteiger partial charge on any atom is -0.459 e. The smallest absolute Gasteiger partial charge is 0.338 e. The van der Waals surface area contributed by atoms with Crippen molar-refractivity contribution in [3.8, 4) is 0 Å². The molecule has 15 heteroatoms. The van der Waals surface area contributed by atoms with E-state index in [9.17, 15) is 19.9 Å². The van der Waals surface area contributed by atoms with Gasteiger partial charge in [0, 0.05) is 4.91 Å². The third-order valence-electron chi connectivity index (χ3n) is 6.19. The Balaban J connectivity index is 1.72. The van der Waals surface area contributed by atoms with E-state index in [4.69, 9.17) is 63.9 Å². The molecule has 0 spiro atoms. The number of benzene rings is 3.